The smallest absolute Gasteiger partial charge is 0.434 e. The molecule has 166 valence electrons. The Bertz CT molecular complexity index is 941. The summed E-state index contributed by atoms with van der Waals surface area (Å²) < 4.78 is 10.3. The second kappa shape index (κ2) is 9.96. The number of aryl methyl sites for hydroxylation is 1. The van der Waals surface area contributed by atoms with E-state index in [0.29, 0.717) is 31.2 Å². The first-order valence-electron chi connectivity index (χ1n) is 10.8. The van der Waals surface area contributed by atoms with E-state index in [9.17, 15) is 9.59 Å². The van der Waals surface area contributed by atoms with Crippen molar-refractivity contribution in [3.8, 4) is 5.75 Å². The van der Waals surface area contributed by atoms with E-state index in [2.05, 4.69) is 13.0 Å². The van der Waals surface area contributed by atoms with E-state index in [1.807, 2.05) is 49.9 Å². The fourth-order valence-corrected chi connectivity index (χ4v) is 3.85. The number of anilines is 1. The van der Waals surface area contributed by atoms with E-state index in [-0.39, 0.29) is 11.8 Å². The molecule has 0 bridgehead atoms. The van der Waals surface area contributed by atoms with E-state index in [0.717, 1.165) is 23.2 Å². The van der Waals surface area contributed by atoms with Gasteiger partial charge in [0.05, 0.1) is 12.6 Å². The molecule has 0 radical (unpaired) electrons. The van der Waals surface area contributed by atoms with E-state index >= 15 is 0 Å². The van der Waals surface area contributed by atoms with Gasteiger partial charge >= 0.3 is 6.16 Å². The van der Waals surface area contributed by atoms with Gasteiger partial charge < -0.3 is 20.1 Å². The molecule has 1 heterocycles. The number of carbonyl (C=O) groups excluding carboxylic acids is 2. The number of fused-ring (bicyclic) bond motifs is 1. The van der Waals surface area contributed by atoms with Crippen LogP contribution in [0.15, 0.2) is 42.5 Å². The minimum absolute atomic E-state index is 0.0732. The molecule has 1 aliphatic rings. The molecule has 2 atom stereocenters. The highest BCUT2D eigenvalue weighted by molar-refractivity contribution is 5.98. The van der Waals surface area contributed by atoms with Crippen molar-refractivity contribution in [1.29, 1.82) is 0 Å². The number of amides is 1. The van der Waals surface area contributed by atoms with Crippen LogP contribution in [0.2, 0.25) is 0 Å². The van der Waals surface area contributed by atoms with Gasteiger partial charge in [0.2, 0.25) is 5.91 Å². The quantitative estimate of drug-likeness (QED) is 0.553. The van der Waals surface area contributed by atoms with Gasteiger partial charge in [-0.25, -0.2) is 4.79 Å². The molecule has 1 aliphatic heterocycles. The third kappa shape index (κ3) is 5.85. The molecular formula is C25H32N2O4. The number of para-hydroxylation sites is 1. The van der Waals surface area contributed by atoms with Gasteiger partial charge in [-0.05, 0) is 66.5 Å². The molecule has 0 saturated carbocycles. The Morgan fingerprint density at radius 1 is 1.19 bits per heavy atom. The number of hydrogen-bond acceptors (Lipinski definition) is 5. The molecular weight excluding hydrogens is 392 g/mol. The lowest BCUT2D eigenvalue weighted by Crippen LogP contribution is -2.48. The first-order chi connectivity index (χ1) is 14.7. The third-order valence-corrected chi connectivity index (χ3v) is 5.42. The number of nitrogens with two attached hydrogens (primary N) is 1. The summed E-state index contributed by atoms with van der Waals surface area (Å²) in [6.07, 6.45) is 0.663. The van der Waals surface area contributed by atoms with Crippen LogP contribution in [0.4, 0.5) is 10.5 Å². The number of benzene rings is 2. The Labute approximate surface area is 184 Å². The zero-order chi connectivity index (χ0) is 22.5. The van der Waals surface area contributed by atoms with Crippen LogP contribution < -0.4 is 15.4 Å². The van der Waals surface area contributed by atoms with E-state index in [1.54, 1.807) is 12.1 Å². The average molecular weight is 425 g/mol. The van der Waals surface area contributed by atoms with Crippen LogP contribution in [0.5, 0.6) is 5.75 Å². The van der Waals surface area contributed by atoms with Gasteiger partial charge in [0.15, 0.2) is 0 Å². The minimum Gasteiger partial charge on any atom is -0.434 e. The van der Waals surface area contributed by atoms with E-state index < -0.39 is 12.2 Å². The lowest BCUT2D eigenvalue weighted by molar-refractivity contribution is -0.120. The molecule has 0 aromatic heterocycles. The predicted octanol–water partition coefficient (Wildman–Crippen LogP) is 4.26. The maximum Gasteiger partial charge on any atom is 0.513 e. The van der Waals surface area contributed by atoms with Gasteiger partial charge in [-0.3, -0.25) is 4.79 Å². The Morgan fingerprint density at radius 2 is 1.94 bits per heavy atom. The van der Waals surface area contributed by atoms with E-state index in [4.69, 9.17) is 15.2 Å². The average Bonchev–Trinajstić information content (AvgIpc) is 2.73. The highest BCUT2D eigenvalue weighted by Crippen LogP contribution is 2.30. The molecule has 6 nitrogen and oxygen atoms in total. The van der Waals surface area contributed by atoms with Crippen LogP contribution in [-0.4, -0.2) is 31.3 Å². The van der Waals surface area contributed by atoms with Crippen molar-refractivity contribution in [2.24, 2.45) is 17.6 Å². The maximum absolute atomic E-state index is 13.2. The Kier molecular flexibility index (Phi) is 7.33. The molecule has 2 unspecified atom stereocenters. The molecule has 2 aromatic carbocycles. The molecule has 6 heteroatoms. The third-order valence-electron chi connectivity index (χ3n) is 5.42. The van der Waals surface area contributed by atoms with Crippen molar-refractivity contribution in [2.45, 2.75) is 46.6 Å². The molecule has 0 fully saturated rings. The van der Waals surface area contributed by atoms with Gasteiger partial charge in [-0.15, -0.1) is 0 Å². The Hall–Kier alpha value is -2.86. The summed E-state index contributed by atoms with van der Waals surface area (Å²) in [6.45, 7) is 8.96. The summed E-state index contributed by atoms with van der Waals surface area (Å²) in [7, 11) is 0. The number of carbonyl (C=O) groups is 2. The molecule has 0 aliphatic carbocycles. The summed E-state index contributed by atoms with van der Waals surface area (Å²) in [5, 5.41) is 0. The summed E-state index contributed by atoms with van der Waals surface area (Å²) in [6, 6.07) is 12.7. The number of nitrogens with zero attached hydrogens (tertiary/aromatic N) is 1. The minimum atomic E-state index is -0.717. The second-order valence-electron chi connectivity index (χ2n) is 8.84. The van der Waals surface area contributed by atoms with Crippen molar-refractivity contribution in [3.05, 3.63) is 59.2 Å². The van der Waals surface area contributed by atoms with Crippen molar-refractivity contribution in [3.63, 3.8) is 0 Å². The van der Waals surface area contributed by atoms with Crippen LogP contribution >= 0.6 is 0 Å². The largest absolute Gasteiger partial charge is 0.513 e. The van der Waals surface area contributed by atoms with Crippen LogP contribution in [0.1, 0.15) is 37.5 Å². The highest BCUT2D eigenvalue weighted by atomic mass is 16.7. The van der Waals surface area contributed by atoms with Crippen LogP contribution in [0, 0.1) is 18.8 Å². The number of rotatable bonds is 6. The zero-order valence-corrected chi connectivity index (χ0v) is 18.8. The lowest BCUT2D eigenvalue weighted by Gasteiger charge is -2.34. The van der Waals surface area contributed by atoms with Crippen molar-refractivity contribution in [1.82, 2.24) is 0 Å². The molecule has 31 heavy (non-hydrogen) atoms. The number of hydrogen-bond donors (Lipinski definition) is 1. The molecule has 1 amide bonds. The van der Waals surface area contributed by atoms with Gasteiger partial charge in [-0.1, -0.05) is 45.0 Å². The number of ether oxygens (including phenoxy) is 2. The fraction of sp³-hybridized carbons (Fsp3) is 0.440. The molecule has 0 spiro atoms. The molecule has 3 rings (SSSR count). The lowest BCUT2D eigenvalue weighted by atomic mass is 9.92. The van der Waals surface area contributed by atoms with E-state index in [1.165, 1.54) is 5.56 Å². The monoisotopic (exact) mass is 424 g/mol. The van der Waals surface area contributed by atoms with Crippen LogP contribution in [0.3, 0.4) is 0 Å². The van der Waals surface area contributed by atoms with Crippen molar-refractivity contribution < 1.29 is 19.1 Å². The van der Waals surface area contributed by atoms with Gasteiger partial charge in [-0.2, -0.15) is 0 Å². The van der Waals surface area contributed by atoms with Gasteiger partial charge in [0, 0.05) is 12.2 Å². The summed E-state index contributed by atoms with van der Waals surface area (Å²) in [5.41, 5.74) is 10.3. The molecule has 2 aromatic rings. The summed E-state index contributed by atoms with van der Waals surface area (Å²) in [4.78, 5) is 26.8. The van der Waals surface area contributed by atoms with Crippen LogP contribution in [0.25, 0.3) is 0 Å². The predicted molar refractivity (Wildman–Crippen MR) is 121 cm³/mol. The topological polar surface area (TPSA) is 81.9 Å². The second-order valence-corrected chi connectivity index (χ2v) is 8.84. The van der Waals surface area contributed by atoms with Crippen LogP contribution in [-0.2, 0) is 22.4 Å². The Balaban J connectivity index is 1.66. The summed E-state index contributed by atoms with van der Waals surface area (Å²) >= 11 is 0. The molecule has 2 N–H and O–H groups in total. The Morgan fingerprint density at radius 3 is 2.65 bits per heavy atom. The SMILES string of the molecule is Cc1cc(OC(=O)OCC(C)C)ccc1CC(N)C(=O)N1CC(C)Cc2ccccc21. The molecule has 0 saturated heterocycles. The maximum atomic E-state index is 13.2. The van der Waals surface area contributed by atoms with Crippen molar-refractivity contribution in [2.75, 3.05) is 18.1 Å². The normalized spacial score (nSPS) is 16.6. The first kappa shape index (κ1) is 22.8. The van der Waals surface area contributed by atoms with Gasteiger partial charge in [0.25, 0.3) is 0 Å². The highest BCUT2D eigenvalue weighted by Gasteiger charge is 2.29. The van der Waals surface area contributed by atoms with Crippen molar-refractivity contribution >= 4 is 17.7 Å². The summed E-state index contributed by atoms with van der Waals surface area (Å²) in [5.74, 6) is 0.967. The zero-order valence-electron chi connectivity index (χ0n) is 18.8. The first-order valence-corrected chi connectivity index (χ1v) is 10.8. The van der Waals surface area contributed by atoms with Gasteiger partial charge in [0.1, 0.15) is 5.75 Å². The fourth-order valence-electron chi connectivity index (χ4n) is 3.85. The standard InChI is InChI=1S/C25H32N2O4/c1-16(2)15-30-25(29)31-21-10-9-19(18(4)12-21)13-22(26)24(28)27-14-17(3)11-20-7-5-6-8-23(20)27/h5-10,12,16-17,22H,11,13-15,26H2,1-4H3.